The highest BCUT2D eigenvalue weighted by Crippen LogP contribution is 2.30. The van der Waals surface area contributed by atoms with E-state index in [1.165, 1.54) is 0 Å². The molecule has 1 aromatic rings. The molecule has 106 valence electrons. The number of hydrogen-bond donors (Lipinski definition) is 2. The number of fused-ring (bicyclic) bond motifs is 1. The molecule has 5 nitrogen and oxygen atoms in total. The number of rotatable bonds is 3. The van der Waals surface area contributed by atoms with Gasteiger partial charge in [0.1, 0.15) is 5.54 Å². The number of amides is 1. The summed E-state index contributed by atoms with van der Waals surface area (Å²) in [5.74, 6) is -1.25. The third kappa shape index (κ3) is 2.18. The summed E-state index contributed by atoms with van der Waals surface area (Å²) in [5, 5.41) is 12.1. The van der Waals surface area contributed by atoms with Crippen LogP contribution in [-0.4, -0.2) is 22.5 Å². The molecular weight excluding hydrogens is 258 g/mol. The van der Waals surface area contributed by atoms with Crippen molar-refractivity contribution in [2.45, 2.75) is 44.4 Å². The average Bonchev–Trinajstić information content (AvgIpc) is 3.06. The second kappa shape index (κ2) is 4.90. The molecule has 0 radical (unpaired) electrons. The van der Waals surface area contributed by atoms with Crippen molar-refractivity contribution in [3.05, 3.63) is 34.9 Å². The highest BCUT2D eigenvalue weighted by atomic mass is 16.5. The van der Waals surface area contributed by atoms with Gasteiger partial charge in [-0.15, -0.1) is 0 Å². The van der Waals surface area contributed by atoms with Crippen LogP contribution in [0.25, 0.3) is 0 Å². The first kappa shape index (κ1) is 13.1. The van der Waals surface area contributed by atoms with Crippen molar-refractivity contribution in [1.29, 1.82) is 0 Å². The molecular formula is C15H17NO4. The Kier molecular flexibility index (Phi) is 3.22. The van der Waals surface area contributed by atoms with Crippen molar-refractivity contribution < 1.29 is 19.4 Å². The average molecular weight is 275 g/mol. The molecule has 5 heteroatoms. The minimum absolute atomic E-state index is 0.316. The van der Waals surface area contributed by atoms with Crippen LogP contribution in [0.4, 0.5) is 0 Å². The Balaban J connectivity index is 1.80. The van der Waals surface area contributed by atoms with Crippen molar-refractivity contribution in [2.75, 3.05) is 0 Å². The van der Waals surface area contributed by atoms with Crippen LogP contribution in [0.5, 0.6) is 0 Å². The van der Waals surface area contributed by atoms with E-state index in [1.54, 1.807) is 12.1 Å². The number of carbonyl (C=O) groups excluding carboxylic acids is 1. The number of ether oxygens (including phenoxy) is 1. The van der Waals surface area contributed by atoms with Gasteiger partial charge in [-0.05, 0) is 36.1 Å². The maximum absolute atomic E-state index is 12.3. The van der Waals surface area contributed by atoms with Gasteiger partial charge in [0.25, 0.3) is 5.91 Å². The Morgan fingerprint density at radius 2 is 1.85 bits per heavy atom. The fourth-order valence-electron chi connectivity index (χ4n) is 2.97. The fraction of sp³-hybridized carbons (Fsp3) is 0.467. The van der Waals surface area contributed by atoms with E-state index < -0.39 is 11.5 Å². The zero-order valence-electron chi connectivity index (χ0n) is 11.1. The monoisotopic (exact) mass is 275 g/mol. The molecule has 0 spiro atoms. The summed E-state index contributed by atoms with van der Waals surface area (Å²) in [5.41, 5.74) is 1.51. The molecule has 3 rings (SSSR count). The first-order valence-electron chi connectivity index (χ1n) is 6.86. The van der Waals surface area contributed by atoms with Crippen molar-refractivity contribution >= 4 is 11.9 Å². The maximum Gasteiger partial charge on any atom is 0.329 e. The summed E-state index contributed by atoms with van der Waals surface area (Å²) < 4.78 is 5.32. The van der Waals surface area contributed by atoms with E-state index in [-0.39, 0.29) is 5.91 Å². The van der Waals surface area contributed by atoms with E-state index in [2.05, 4.69) is 5.32 Å². The Morgan fingerprint density at radius 3 is 2.55 bits per heavy atom. The van der Waals surface area contributed by atoms with E-state index >= 15 is 0 Å². The maximum atomic E-state index is 12.3. The van der Waals surface area contributed by atoms with Crippen LogP contribution < -0.4 is 5.32 Å². The van der Waals surface area contributed by atoms with Crippen molar-refractivity contribution in [2.24, 2.45) is 0 Å². The van der Waals surface area contributed by atoms with Gasteiger partial charge in [0.05, 0.1) is 13.2 Å². The van der Waals surface area contributed by atoms with Crippen molar-refractivity contribution in [1.82, 2.24) is 5.32 Å². The quantitative estimate of drug-likeness (QED) is 0.882. The Bertz CT molecular complexity index is 561. The zero-order valence-corrected chi connectivity index (χ0v) is 11.1. The molecule has 1 aromatic carbocycles. The molecule has 0 saturated heterocycles. The summed E-state index contributed by atoms with van der Waals surface area (Å²) in [4.78, 5) is 23.7. The molecule has 1 saturated carbocycles. The second-order valence-corrected chi connectivity index (χ2v) is 5.52. The van der Waals surface area contributed by atoms with Crippen LogP contribution in [0.1, 0.15) is 47.2 Å². The Hall–Kier alpha value is -1.88. The van der Waals surface area contributed by atoms with Crippen LogP contribution in [0.15, 0.2) is 18.2 Å². The van der Waals surface area contributed by atoms with Crippen LogP contribution in [0, 0.1) is 0 Å². The van der Waals surface area contributed by atoms with Crippen molar-refractivity contribution in [3.63, 3.8) is 0 Å². The minimum Gasteiger partial charge on any atom is -0.480 e. The number of carboxylic acid groups (broad SMARTS) is 1. The van der Waals surface area contributed by atoms with Gasteiger partial charge in [-0.3, -0.25) is 4.79 Å². The molecule has 2 N–H and O–H groups in total. The highest BCUT2D eigenvalue weighted by Gasteiger charge is 2.42. The van der Waals surface area contributed by atoms with Crippen molar-refractivity contribution in [3.8, 4) is 0 Å². The topological polar surface area (TPSA) is 75.6 Å². The number of carboxylic acids is 1. The summed E-state index contributed by atoms with van der Waals surface area (Å²) in [6.45, 7) is 1.09. The van der Waals surface area contributed by atoms with Crippen LogP contribution in [0.3, 0.4) is 0 Å². The molecule has 1 aliphatic carbocycles. The Morgan fingerprint density at radius 1 is 1.15 bits per heavy atom. The number of hydrogen-bond acceptors (Lipinski definition) is 3. The first-order valence-corrected chi connectivity index (χ1v) is 6.86. The van der Waals surface area contributed by atoms with Gasteiger partial charge in [-0.25, -0.2) is 4.79 Å². The smallest absolute Gasteiger partial charge is 0.329 e. The summed E-state index contributed by atoms with van der Waals surface area (Å²) in [6, 6.07) is 5.40. The normalized spacial score (nSPS) is 19.6. The van der Waals surface area contributed by atoms with Gasteiger partial charge in [-0.2, -0.15) is 0 Å². The lowest BCUT2D eigenvalue weighted by atomic mass is 9.96. The fourth-order valence-corrected chi connectivity index (χ4v) is 2.97. The number of carbonyl (C=O) groups is 2. The van der Waals surface area contributed by atoms with Gasteiger partial charge in [0, 0.05) is 5.56 Å². The van der Waals surface area contributed by atoms with E-state index in [4.69, 9.17) is 4.74 Å². The zero-order chi connectivity index (χ0) is 14.2. The van der Waals surface area contributed by atoms with E-state index in [9.17, 15) is 14.7 Å². The van der Waals surface area contributed by atoms with Gasteiger partial charge in [0.2, 0.25) is 0 Å². The first-order chi connectivity index (χ1) is 9.61. The summed E-state index contributed by atoms with van der Waals surface area (Å²) in [6.07, 6.45) is 2.68. The summed E-state index contributed by atoms with van der Waals surface area (Å²) >= 11 is 0. The molecule has 1 fully saturated rings. The molecule has 1 heterocycles. The standard InChI is InChI=1S/C15H17NO4/c17-13(16-15(14(18)19)5-1-2-6-15)10-3-4-11-8-20-9-12(11)7-10/h3-4,7H,1-2,5-6,8-9H2,(H,16,17)(H,18,19). The predicted molar refractivity (Wildman–Crippen MR) is 71.2 cm³/mol. The molecule has 1 aliphatic heterocycles. The highest BCUT2D eigenvalue weighted by molar-refractivity contribution is 5.98. The van der Waals surface area contributed by atoms with Crippen LogP contribution >= 0.6 is 0 Å². The third-order valence-electron chi connectivity index (χ3n) is 4.20. The molecule has 2 aliphatic rings. The largest absolute Gasteiger partial charge is 0.480 e. The van der Waals surface area contributed by atoms with Gasteiger partial charge in [-0.1, -0.05) is 18.9 Å². The van der Waals surface area contributed by atoms with Gasteiger partial charge in [0.15, 0.2) is 0 Å². The predicted octanol–water partition coefficient (Wildman–Crippen LogP) is 1.84. The SMILES string of the molecule is O=C(NC1(C(=O)O)CCCC1)c1ccc2c(c1)COC2. The van der Waals surface area contributed by atoms with E-state index in [1.807, 2.05) is 6.07 Å². The number of benzene rings is 1. The van der Waals surface area contributed by atoms with Gasteiger partial charge >= 0.3 is 5.97 Å². The lowest BCUT2D eigenvalue weighted by Gasteiger charge is -2.25. The lowest BCUT2D eigenvalue weighted by Crippen LogP contribution is -2.52. The van der Waals surface area contributed by atoms with E-state index in [0.29, 0.717) is 31.6 Å². The number of nitrogens with one attached hydrogen (secondary N) is 1. The number of aliphatic carboxylic acids is 1. The third-order valence-corrected chi connectivity index (χ3v) is 4.20. The lowest BCUT2D eigenvalue weighted by molar-refractivity contribution is -0.144. The van der Waals surface area contributed by atoms with Crippen LogP contribution in [-0.2, 0) is 22.7 Å². The van der Waals surface area contributed by atoms with E-state index in [0.717, 1.165) is 24.0 Å². The molecule has 20 heavy (non-hydrogen) atoms. The molecule has 0 aromatic heterocycles. The minimum atomic E-state index is -1.09. The molecule has 0 atom stereocenters. The molecule has 0 bridgehead atoms. The molecule has 0 unspecified atom stereocenters. The molecule has 1 amide bonds. The van der Waals surface area contributed by atoms with Crippen LogP contribution in [0.2, 0.25) is 0 Å². The summed E-state index contributed by atoms with van der Waals surface area (Å²) in [7, 11) is 0. The second-order valence-electron chi connectivity index (χ2n) is 5.52. The Labute approximate surface area is 116 Å². The van der Waals surface area contributed by atoms with Gasteiger partial charge < -0.3 is 15.2 Å².